The molecule has 1 atom stereocenters. The lowest BCUT2D eigenvalue weighted by molar-refractivity contribution is -0.116. The summed E-state index contributed by atoms with van der Waals surface area (Å²) in [4.78, 5) is 12.1. The zero-order valence-electron chi connectivity index (χ0n) is 12.5. The number of hydrogen-bond acceptors (Lipinski definition) is 2. The van der Waals surface area contributed by atoms with Gasteiger partial charge >= 0.3 is 0 Å². The SMILES string of the molecule is O=C1C[C@H](c2ccc(Cl)cc2)c2c(n[nH]c2-c2ccc(Cl)cc2)N1. The molecule has 1 aromatic heterocycles. The van der Waals surface area contributed by atoms with Crippen LogP contribution in [0.5, 0.6) is 0 Å². The third-order valence-electron chi connectivity index (χ3n) is 4.21. The van der Waals surface area contributed by atoms with Crippen LogP contribution in [0.3, 0.4) is 0 Å². The summed E-state index contributed by atoms with van der Waals surface area (Å²) in [6.07, 6.45) is 0.370. The first-order valence-electron chi connectivity index (χ1n) is 7.51. The number of hydrogen-bond donors (Lipinski definition) is 2. The van der Waals surface area contributed by atoms with Crippen LogP contribution in [-0.4, -0.2) is 16.1 Å². The quantitative estimate of drug-likeness (QED) is 0.688. The maximum Gasteiger partial charge on any atom is 0.226 e. The van der Waals surface area contributed by atoms with Crippen LogP contribution in [0.1, 0.15) is 23.5 Å². The fourth-order valence-electron chi connectivity index (χ4n) is 3.07. The van der Waals surface area contributed by atoms with Crippen molar-refractivity contribution >= 4 is 34.9 Å². The van der Waals surface area contributed by atoms with Gasteiger partial charge in [0.2, 0.25) is 5.91 Å². The summed E-state index contributed by atoms with van der Waals surface area (Å²) in [5, 5.41) is 11.5. The lowest BCUT2D eigenvalue weighted by atomic mass is 9.84. The molecule has 24 heavy (non-hydrogen) atoms. The second-order valence-electron chi connectivity index (χ2n) is 5.72. The second-order valence-corrected chi connectivity index (χ2v) is 6.60. The van der Waals surface area contributed by atoms with Crippen molar-refractivity contribution in [2.75, 3.05) is 5.32 Å². The van der Waals surface area contributed by atoms with Gasteiger partial charge in [0.25, 0.3) is 0 Å². The van der Waals surface area contributed by atoms with Gasteiger partial charge in [-0.05, 0) is 29.8 Å². The van der Waals surface area contributed by atoms with E-state index in [1.54, 1.807) is 0 Å². The molecule has 0 fully saturated rings. The molecule has 2 N–H and O–H groups in total. The van der Waals surface area contributed by atoms with Crippen LogP contribution in [0, 0.1) is 0 Å². The highest BCUT2D eigenvalue weighted by Gasteiger charge is 2.31. The van der Waals surface area contributed by atoms with Gasteiger partial charge in [0.15, 0.2) is 5.82 Å². The normalized spacial score (nSPS) is 16.6. The Balaban J connectivity index is 1.85. The van der Waals surface area contributed by atoms with Crippen LogP contribution < -0.4 is 5.32 Å². The summed E-state index contributed by atoms with van der Waals surface area (Å²) < 4.78 is 0. The minimum Gasteiger partial charge on any atom is -0.309 e. The van der Waals surface area contributed by atoms with E-state index in [1.807, 2.05) is 48.5 Å². The number of carbonyl (C=O) groups is 1. The van der Waals surface area contributed by atoms with E-state index in [2.05, 4.69) is 15.5 Å². The van der Waals surface area contributed by atoms with E-state index >= 15 is 0 Å². The number of aromatic amines is 1. The van der Waals surface area contributed by atoms with Crippen molar-refractivity contribution in [3.8, 4) is 11.3 Å². The second kappa shape index (κ2) is 5.96. The number of H-pyrrole nitrogens is 1. The van der Waals surface area contributed by atoms with E-state index in [0.717, 1.165) is 22.4 Å². The van der Waals surface area contributed by atoms with Gasteiger partial charge < -0.3 is 5.32 Å². The van der Waals surface area contributed by atoms with Crippen LogP contribution in [0.25, 0.3) is 11.3 Å². The molecule has 0 spiro atoms. The van der Waals surface area contributed by atoms with E-state index in [1.165, 1.54) is 0 Å². The number of carbonyl (C=O) groups excluding carboxylic acids is 1. The number of halogens is 2. The van der Waals surface area contributed by atoms with Crippen molar-refractivity contribution in [2.45, 2.75) is 12.3 Å². The summed E-state index contributed by atoms with van der Waals surface area (Å²) in [5.41, 5.74) is 3.89. The Morgan fingerprint density at radius 1 is 0.958 bits per heavy atom. The molecule has 2 aromatic carbocycles. The van der Waals surface area contributed by atoms with E-state index in [0.29, 0.717) is 22.3 Å². The average Bonchev–Trinajstić information content (AvgIpc) is 2.99. The molecule has 1 amide bonds. The van der Waals surface area contributed by atoms with Crippen molar-refractivity contribution in [1.29, 1.82) is 0 Å². The maximum absolute atomic E-state index is 12.1. The first-order valence-corrected chi connectivity index (χ1v) is 8.27. The fraction of sp³-hybridized carbons (Fsp3) is 0.111. The summed E-state index contributed by atoms with van der Waals surface area (Å²) in [6, 6.07) is 15.1. The fourth-order valence-corrected chi connectivity index (χ4v) is 3.32. The van der Waals surface area contributed by atoms with E-state index in [-0.39, 0.29) is 11.8 Å². The van der Waals surface area contributed by atoms with Crippen LogP contribution in [0.15, 0.2) is 48.5 Å². The minimum absolute atomic E-state index is 0.0448. The zero-order valence-corrected chi connectivity index (χ0v) is 14.0. The molecule has 0 saturated carbocycles. The Bertz CT molecular complexity index is 901. The molecule has 3 aromatic rings. The smallest absolute Gasteiger partial charge is 0.226 e. The lowest BCUT2D eigenvalue weighted by Crippen LogP contribution is -2.23. The lowest BCUT2D eigenvalue weighted by Gasteiger charge is -2.23. The molecule has 0 aliphatic carbocycles. The number of nitrogens with one attached hydrogen (secondary N) is 2. The highest BCUT2D eigenvalue weighted by molar-refractivity contribution is 6.30. The maximum atomic E-state index is 12.1. The van der Waals surface area contributed by atoms with Gasteiger partial charge in [-0.2, -0.15) is 5.10 Å². The molecule has 1 aliphatic heterocycles. The summed E-state index contributed by atoms with van der Waals surface area (Å²) in [5.74, 6) is 0.461. The van der Waals surface area contributed by atoms with Gasteiger partial charge in [-0.25, -0.2) is 0 Å². The molecular weight excluding hydrogens is 345 g/mol. The Kier molecular flexibility index (Phi) is 3.79. The number of fused-ring (bicyclic) bond motifs is 1. The Hall–Kier alpha value is -2.30. The predicted octanol–water partition coefficient (Wildman–Crippen LogP) is 4.86. The van der Waals surface area contributed by atoms with Crippen molar-refractivity contribution in [3.05, 3.63) is 69.7 Å². The van der Waals surface area contributed by atoms with Crippen molar-refractivity contribution in [3.63, 3.8) is 0 Å². The molecule has 2 heterocycles. The molecule has 120 valence electrons. The van der Waals surface area contributed by atoms with Crippen LogP contribution in [-0.2, 0) is 4.79 Å². The molecule has 6 heteroatoms. The third kappa shape index (κ3) is 2.68. The van der Waals surface area contributed by atoms with E-state index in [4.69, 9.17) is 23.2 Å². The first-order chi connectivity index (χ1) is 11.6. The highest BCUT2D eigenvalue weighted by atomic mass is 35.5. The highest BCUT2D eigenvalue weighted by Crippen LogP contribution is 2.41. The number of nitrogens with zero attached hydrogens (tertiary/aromatic N) is 1. The van der Waals surface area contributed by atoms with Crippen molar-refractivity contribution < 1.29 is 4.79 Å². The molecule has 0 radical (unpaired) electrons. The van der Waals surface area contributed by atoms with E-state index in [9.17, 15) is 4.79 Å². The van der Waals surface area contributed by atoms with Gasteiger partial charge in [0.1, 0.15) is 0 Å². The third-order valence-corrected chi connectivity index (χ3v) is 4.71. The number of amides is 1. The molecule has 4 rings (SSSR count). The zero-order chi connectivity index (χ0) is 16.7. The van der Waals surface area contributed by atoms with Gasteiger partial charge in [0.05, 0.1) is 5.69 Å². The summed E-state index contributed by atoms with van der Waals surface area (Å²) in [7, 11) is 0. The molecule has 1 aliphatic rings. The first kappa shape index (κ1) is 15.2. The number of rotatable bonds is 2. The molecular formula is C18H13Cl2N3O. The summed E-state index contributed by atoms with van der Waals surface area (Å²) in [6.45, 7) is 0. The minimum atomic E-state index is -0.0737. The van der Waals surface area contributed by atoms with Crippen LogP contribution in [0.2, 0.25) is 10.0 Å². The number of benzene rings is 2. The molecule has 0 unspecified atom stereocenters. The van der Waals surface area contributed by atoms with Gasteiger partial charge in [-0.1, -0.05) is 47.5 Å². The monoisotopic (exact) mass is 357 g/mol. The standard InChI is InChI=1S/C18H13Cl2N3O/c19-12-5-1-10(2-6-12)14-9-15(24)21-18-16(14)17(22-23-18)11-3-7-13(20)8-4-11/h1-8,14H,9H2,(H2,21,22,23,24)/t14-/m1/s1. The van der Waals surface area contributed by atoms with Crippen molar-refractivity contribution in [1.82, 2.24) is 10.2 Å². The largest absolute Gasteiger partial charge is 0.309 e. The number of aromatic nitrogens is 2. The Labute approximate surface area is 148 Å². The van der Waals surface area contributed by atoms with Gasteiger partial charge in [0, 0.05) is 33.5 Å². The predicted molar refractivity (Wildman–Crippen MR) is 95.6 cm³/mol. The van der Waals surface area contributed by atoms with Gasteiger partial charge in [-0.15, -0.1) is 0 Å². The molecule has 4 nitrogen and oxygen atoms in total. The number of anilines is 1. The Morgan fingerprint density at radius 3 is 2.25 bits per heavy atom. The van der Waals surface area contributed by atoms with E-state index < -0.39 is 0 Å². The Morgan fingerprint density at radius 2 is 1.58 bits per heavy atom. The van der Waals surface area contributed by atoms with Crippen molar-refractivity contribution in [2.24, 2.45) is 0 Å². The average molecular weight is 358 g/mol. The van der Waals surface area contributed by atoms with Crippen LogP contribution in [0.4, 0.5) is 5.82 Å². The molecule has 0 bridgehead atoms. The topological polar surface area (TPSA) is 57.8 Å². The van der Waals surface area contributed by atoms with Crippen LogP contribution >= 0.6 is 23.2 Å². The summed E-state index contributed by atoms with van der Waals surface area (Å²) >= 11 is 12.0. The molecule has 0 saturated heterocycles. The van der Waals surface area contributed by atoms with Gasteiger partial charge in [-0.3, -0.25) is 9.89 Å².